The molecule has 0 aliphatic rings. The van der Waals surface area contributed by atoms with Crippen LogP contribution in [-0.2, 0) is 0 Å². The lowest BCUT2D eigenvalue weighted by molar-refractivity contribution is 0.634. The zero-order chi connectivity index (χ0) is 9.72. The van der Waals surface area contributed by atoms with E-state index in [9.17, 15) is 4.39 Å². The average molecular weight is 168 g/mol. The Morgan fingerprint density at radius 2 is 1.83 bits per heavy atom. The number of hydrogen-bond donors (Lipinski definition) is 0. The summed E-state index contributed by atoms with van der Waals surface area (Å²) in [6.45, 7) is 11.2. The summed E-state index contributed by atoms with van der Waals surface area (Å²) in [6, 6.07) is 0. The van der Waals surface area contributed by atoms with Crippen molar-refractivity contribution in [2.75, 3.05) is 0 Å². The number of allylic oxidation sites excluding steroid dienone is 5. The van der Waals surface area contributed by atoms with Crippen molar-refractivity contribution in [2.24, 2.45) is 5.92 Å². The Kier molecular flexibility index (Phi) is 4.57. The molecular formula is C11H17F. The minimum atomic E-state index is -0.153. The first kappa shape index (κ1) is 11.2. The topological polar surface area (TPSA) is 0 Å². The summed E-state index contributed by atoms with van der Waals surface area (Å²) in [6.07, 6.45) is 3.33. The number of halogens is 1. The van der Waals surface area contributed by atoms with Crippen LogP contribution >= 0.6 is 0 Å². The molecule has 0 rings (SSSR count). The smallest absolute Gasteiger partial charge is 0.0971 e. The summed E-state index contributed by atoms with van der Waals surface area (Å²) in [5.74, 6) is 0.189. The van der Waals surface area contributed by atoms with Crippen LogP contribution in [0.15, 0.2) is 35.7 Å². The summed E-state index contributed by atoms with van der Waals surface area (Å²) in [5, 5.41) is 0. The summed E-state index contributed by atoms with van der Waals surface area (Å²) >= 11 is 0. The maximum absolute atomic E-state index is 12.6. The molecule has 0 saturated heterocycles. The highest BCUT2D eigenvalue weighted by atomic mass is 19.1. The van der Waals surface area contributed by atoms with Gasteiger partial charge in [-0.05, 0) is 37.0 Å². The lowest BCUT2D eigenvalue weighted by atomic mass is 9.97. The highest BCUT2D eigenvalue weighted by Gasteiger charge is 2.03. The van der Waals surface area contributed by atoms with Gasteiger partial charge in [0.1, 0.15) is 0 Å². The second-order valence-corrected chi connectivity index (χ2v) is 3.23. The molecule has 0 aromatic rings. The third-order valence-corrected chi connectivity index (χ3v) is 1.74. The van der Waals surface area contributed by atoms with Gasteiger partial charge in [-0.25, -0.2) is 4.39 Å². The third kappa shape index (κ3) is 3.51. The Bertz CT molecular complexity index is 215. The van der Waals surface area contributed by atoms with Crippen LogP contribution < -0.4 is 0 Å². The van der Waals surface area contributed by atoms with Gasteiger partial charge in [-0.3, -0.25) is 0 Å². The maximum atomic E-state index is 12.6. The summed E-state index contributed by atoms with van der Waals surface area (Å²) in [7, 11) is 0. The van der Waals surface area contributed by atoms with Crippen molar-refractivity contribution in [2.45, 2.75) is 27.7 Å². The monoisotopic (exact) mass is 168 g/mol. The molecule has 0 amide bonds. The highest BCUT2D eigenvalue weighted by molar-refractivity contribution is 5.32. The molecule has 1 heteroatoms. The van der Waals surface area contributed by atoms with Gasteiger partial charge in [0.2, 0.25) is 0 Å². The van der Waals surface area contributed by atoms with Gasteiger partial charge in [-0.15, -0.1) is 0 Å². The van der Waals surface area contributed by atoms with E-state index >= 15 is 0 Å². The largest absolute Gasteiger partial charge is 0.212 e. The van der Waals surface area contributed by atoms with E-state index in [-0.39, 0.29) is 5.83 Å². The SMILES string of the molecule is C=C/C(C)=C(\C=C(/C)F)C(C)C. The van der Waals surface area contributed by atoms with Crippen molar-refractivity contribution in [3.8, 4) is 0 Å². The van der Waals surface area contributed by atoms with E-state index in [0.717, 1.165) is 11.1 Å². The molecule has 0 spiro atoms. The molecule has 12 heavy (non-hydrogen) atoms. The Morgan fingerprint density at radius 1 is 1.33 bits per heavy atom. The van der Waals surface area contributed by atoms with Crippen molar-refractivity contribution in [3.63, 3.8) is 0 Å². The first-order valence-electron chi connectivity index (χ1n) is 4.16. The first-order chi connectivity index (χ1) is 5.49. The zero-order valence-electron chi connectivity index (χ0n) is 8.32. The van der Waals surface area contributed by atoms with Crippen LogP contribution in [0, 0.1) is 5.92 Å². The van der Waals surface area contributed by atoms with Crippen LogP contribution in [0.5, 0.6) is 0 Å². The quantitative estimate of drug-likeness (QED) is 0.558. The van der Waals surface area contributed by atoms with Gasteiger partial charge < -0.3 is 0 Å². The molecule has 0 aromatic heterocycles. The summed E-state index contributed by atoms with van der Waals surface area (Å²) in [4.78, 5) is 0. The minimum Gasteiger partial charge on any atom is -0.212 e. The van der Waals surface area contributed by atoms with Crippen molar-refractivity contribution in [1.82, 2.24) is 0 Å². The Labute approximate surface area is 74.5 Å². The van der Waals surface area contributed by atoms with Crippen LogP contribution in [-0.4, -0.2) is 0 Å². The van der Waals surface area contributed by atoms with Gasteiger partial charge in [0.15, 0.2) is 0 Å². The molecule has 0 aliphatic heterocycles. The fourth-order valence-corrected chi connectivity index (χ4v) is 1.07. The number of hydrogen-bond acceptors (Lipinski definition) is 0. The molecule has 0 nitrogen and oxygen atoms in total. The van der Waals surface area contributed by atoms with E-state index < -0.39 is 0 Å². The molecule has 0 N–H and O–H groups in total. The first-order valence-corrected chi connectivity index (χ1v) is 4.16. The van der Waals surface area contributed by atoms with Crippen molar-refractivity contribution < 1.29 is 4.39 Å². The fraction of sp³-hybridized carbons (Fsp3) is 0.455. The van der Waals surface area contributed by atoms with Gasteiger partial charge in [0.25, 0.3) is 0 Å². The van der Waals surface area contributed by atoms with Crippen LogP contribution in [0.1, 0.15) is 27.7 Å². The molecule has 0 saturated carbocycles. The minimum absolute atomic E-state index is 0.153. The molecule has 68 valence electrons. The Balaban J connectivity index is 4.92. The van der Waals surface area contributed by atoms with Crippen LogP contribution in [0.25, 0.3) is 0 Å². The van der Waals surface area contributed by atoms with E-state index in [1.54, 1.807) is 12.2 Å². The van der Waals surface area contributed by atoms with E-state index in [2.05, 4.69) is 6.58 Å². The molecule has 0 unspecified atom stereocenters. The summed E-state index contributed by atoms with van der Waals surface area (Å²) < 4.78 is 12.6. The van der Waals surface area contributed by atoms with E-state index in [1.807, 2.05) is 20.8 Å². The fourth-order valence-electron chi connectivity index (χ4n) is 1.07. The molecule has 0 aliphatic carbocycles. The zero-order valence-corrected chi connectivity index (χ0v) is 8.32. The van der Waals surface area contributed by atoms with Crippen LogP contribution in [0.4, 0.5) is 4.39 Å². The average Bonchev–Trinajstić information content (AvgIpc) is 1.98. The lowest BCUT2D eigenvalue weighted by Gasteiger charge is -2.09. The molecule has 0 atom stereocenters. The predicted molar refractivity (Wildman–Crippen MR) is 52.6 cm³/mol. The second-order valence-electron chi connectivity index (χ2n) is 3.23. The molecule has 0 aromatic carbocycles. The molecular weight excluding hydrogens is 151 g/mol. The standard InChI is InChI=1S/C11H17F/c1-6-9(4)11(8(2)3)7-10(5)12/h6-8H,1H2,2-5H3/b10-7+,11-9+. The van der Waals surface area contributed by atoms with Crippen molar-refractivity contribution in [3.05, 3.63) is 35.7 Å². The van der Waals surface area contributed by atoms with Crippen molar-refractivity contribution >= 4 is 0 Å². The van der Waals surface area contributed by atoms with Crippen LogP contribution in [0.2, 0.25) is 0 Å². The van der Waals surface area contributed by atoms with Crippen molar-refractivity contribution in [1.29, 1.82) is 0 Å². The second kappa shape index (κ2) is 4.91. The lowest BCUT2D eigenvalue weighted by Crippen LogP contribution is -1.94. The Morgan fingerprint density at radius 3 is 2.08 bits per heavy atom. The predicted octanol–water partition coefficient (Wildman–Crippen LogP) is 4.02. The Hall–Kier alpha value is -0.850. The third-order valence-electron chi connectivity index (χ3n) is 1.74. The number of rotatable bonds is 3. The molecule has 0 radical (unpaired) electrons. The highest BCUT2D eigenvalue weighted by Crippen LogP contribution is 2.18. The van der Waals surface area contributed by atoms with Gasteiger partial charge in [0, 0.05) is 0 Å². The van der Waals surface area contributed by atoms with Gasteiger partial charge in [-0.2, -0.15) is 0 Å². The molecule has 0 fully saturated rings. The van der Waals surface area contributed by atoms with E-state index in [4.69, 9.17) is 0 Å². The summed E-state index contributed by atoms with van der Waals surface area (Å²) in [5.41, 5.74) is 2.06. The van der Waals surface area contributed by atoms with E-state index in [1.165, 1.54) is 6.92 Å². The van der Waals surface area contributed by atoms with Gasteiger partial charge in [0.05, 0.1) is 5.83 Å². The molecule has 0 heterocycles. The maximum Gasteiger partial charge on any atom is 0.0971 e. The van der Waals surface area contributed by atoms with Crippen LogP contribution in [0.3, 0.4) is 0 Å². The van der Waals surface area contributed by atoms with Gasteiger partial charge in [-0.1, -0.05) is 26.5 Å². The van der Waals surface area contributed by atoms with Gasteiger partial charge >= 0.3 is 0 Å². The normalized spacial score (nSPS) is 14.7. The molecule has 0 bridgehead atoms. The van der Waals surface area contributed by atoms with E-state index in [0.29, 0.717) is 5.92 Å².